The van der Waals surface area contributed by atoms with E-state index in [4.69, 9.17) is 10.2 Å². The van der Waals surface area contributed by atoms with Crippen LogP contribution in [0, 0.1) is 5.82 Å². The molecule has 0 fully saturated rings. The quantitative estimate of drug-likeness (QED) is 0.836. The van der Waals surface area contributed by atoms with E-state index < -0.39 is 0 Å². The summed E-state index contributed by atoms with van der Waals surface area (Å²) in [5, 5.41) is 0. The Bertz CT molecular complexity index is 411. The molecule has 0 saturated carbocycles. The molecule has 0 aromatic carbocycles. The Morgan fingerprint density at radius 1 is 1.40 bits per heavy atom. The van der Waals surface area contributed by atoms with Crippen LogP contribution >= 0.6 is 0 Å². The van der Waals surface area contributed by atoms with Crippen LogP contribution in [0.3, 0.4) is 0 Å². The van der Waals surface area contributed by atoms with E-state index in [1.54, 1.807) is 18.4 Å². The molecule has 2 rings (SSSR count). The van der Waals surface area contributed by atoms with Gasteiger partial charge in [0.25, 0.3) is 0 Å². The first-order valence-corrected chi connectivity index (χ1v) is 4.65. The SMILES string of the molecule is NC(Cc1ccco1)c1ccc(F)cn1. The molecule has 0 aliphatic rings. The van der Waals surface area contributed by atoms with E-state index in [1.807, 2.05) is 6.07 Å². The fourth-order valence-electron chi connectivity index (χ4n) is 1.36. The molecule has 0 bridgehead atoms. The molecule has 0 radical (unpaired) electrons. The van der Waals surface area contributed by atoms with E-state index in [2.05, 4.69) is 4.98 Å². The van der Waals surface area contributed by atoms with Crippen LogP contribution in [0.5, 0.6) is 0 Å². The highest BCUT2D eigenvalue weighted by molar-refractivity contribution is 5.12. The molecule has 0 amide bonds. The highest BCUT2D eigenvalue weighted by Gasteiger charge is 2.09. The van der Waals surface area contributed by atoms with Crippen LogP contribution < -0.4 is 5.73 Å². The summed E-state index contributed by atoms with van der Waals surface area (Å²) < 4.78 is 17.8. The zero-order valence-electron chi connectivity index (χ0n) is 8.06. The van der Waals surface area contributed by atoms with Gasteiger partial charge in [0.15, 0.2) is 0 Å². The Kier molecular flexibility index (Phi) is 2.78. The van der Waals surface area contributed by atoms with Crippen molar-refractivity contribution in [3.05, 3.63) is 54.0 Å². The highest BCUT2D eigenvalue weighted by Crippen LogP contribution is 2.14. The Labute approximate surface area is 86.7 Å². The minimum absolute atomic E-state index is 0.267. The molecule has 0 aliphatic heterocycles. The second-order valence-electron chi connectivity index (χ2n) is 3.29. The van der Waals surface area contributed by atoms with Crippen LogP contribution in [-0.4, -0.2) is 4.98 Å². The second-order valence-corrected chi connectivity index (χ2v) is 3.29. The third-order valence-corrected chi connectivity index (χ3v) is 2.13. The summed E-state index contributed by atoms with van der Waals surface area (Å²) in [6.45, 7) is 0. The molecule has 2 heterocycles. The maximum Gasteiger partial charge on any atom is 0.141 e. The van der Waals surface area contributed by atoms with Crippen LogP contribution in [0.15, 0.2) is 41.1 Å². The fraction of sp³-hybridized carbons (Fsp3) is 0.182. The molecule has 2 N–H and O–H groups in total. The first-order valence-electron chi connectivity index (χ1n) is 4.65. The van der Waals surface area contributed by atoms with E-state index in [0.29, 0.717) is 12.1 Å². The summed E-state index contributed by atoms with van der Waals surface area (Å²) in [4.78, 5) is 3.92. The average molecular weight is 206 g/mol. The van der Waals surface area contributed by atoms with Crippen molar-refractivity contribution in [2.24, 2.45) is 5.73 Å². The van der Waals surface area contributed by atoms with Gasteiger partial charge in [-0.05, 0) is 24.3 Å². The molecule has 2 aromatic heterocycles. The lowest BCUT2D eigenvalue weighted by molar-refractivity contribution is 0.485. The molecule has 0 saturated heterocycles. The number of pyridine rings is 1. The first-order chi connectivity index (χ1) is 7.25. The summed E-state index contributed by atoms with van der Waals surface area (Å²) in [5.41, 5.74) is 6.55. The fourth-order valence-corrected chi connectivity index (χ4v) is 1.36. The minimum Gasteiger partial charge on any atom is -0.469 e. The Hall–Kier alpha value is -1.68. The van der Waals surface area contributed by atoms with E-state index in [1.165, 1.54) is 6.07 Å². The minimum atomic E-state index is -0.357. The molecule has 0 aliphatic carbocycles. The van der Waals surface area contributed by atoms with Crippen LogP contribution in [0.1, 0.15) is 17.5 Å². The summed E-state index contributed by atoms with van der Waals surface area (Å²) in [5.74, 6) is 0.442. The predicted octanol–water partition coefficient (Wildman–Crippen LogP) is 2.06. The number of nitrogens with zero attached hydrogens (tertiary/aromatic N) is 1. The highest BCUT2D eigenvalue weighted by atomic mass is 19.1. The van der Waals surface area contributed by atoms with Gasteiger partial charge in [0.05, 0.1) is 24.2 Å². The van der Waals surface area contributed by atoms with Crippen LogP contribution in [-0.2, 0) is 6.42 Å². The van der Waals surface area contributed by atoms with E-state index in [9.17, 15) is 4.39 Å². The first kappa shape index (κ1) is 9.86. The van der Waals surface area contributed by atoms with E-state index in [0.717, 1.165) is 12.0 Å². The number of rotatable bonds is 3. The predicted molar refractivity (Wildman–Crippen MR) is 53.5 cm³/mol. The maximum absolute atomic E-state index is 12.6. The van der Waals surface area contributed by atoms with Gasteiger partial charge in [-0.25, -0.2) is 4.39 Å². The van der Waals surface area contributed by atoms with Gasteiger partial charge >= 0.3 is 0 Å². The number of halogens is 1. The van der Waals surface area contributed by atoms with Crippen LogP contribution in [0.25, 0.3) is 0 Å². The van der Waals surface area contributed by atoms with Crippen molar-refractivity contribution in [3.63, 3.8) is 0 Å². The third-order valence-electron chi connectivity index (χ3n) is 2.13. The molecular weight excluding hydrogens is 195 g/mol. The molecule has 78 valence electrons. The molecule has 2 aromatic rings. The van der Waals surface area contributed by atoms with Crippen LogP contribution in [0.2, 0.25) is 0 Å². The van der Waals surface area contributed by atoms with Crippen molar-refractivity contribution >= 4 is 0 Å². The third kappa shape index (κ3) is 2.41. The smallest absolute Gasteiger partial charge is 0.141 e. The van der Waals surface area contributed by atoms with Gasteiger partial charge in [0.1, 0.15) is 11.6 Å². The zero-order chi connectivity index (χ0) is 10.7. The number of hydrogen-bond donors (Lipinski definition) is 1. The van der Waals surface area contributed by atoms with Gasteiger partial charge in [-0.2, -0.15) is 0 Å². The lowest BCUT2D eigenvalue weighted by atomic mass is 10.1. The summed E-state index contributed by atoms with van der Waals surface area (Å²) in [7, 11) is 0. The van der Waals surface area contributed by atoms with Crippen molar-refractivity contribution in [3.8, 4) is 0 Å². The standard InChI is InChI=1S/C11H11FN2O/c12-8-3-4-11(14-7-8)10(13)6-9-2-1-5-15-9/h1-5,7,10H,6,13H2. The Morgan fingerprint density at radius 2 is 2.27 bits per heavy atom. The summed E-state index contributed by atoms with van der Waals surface area (Å²) in [6, 6.07) is 6.33. The van der Waals surface area contributed by atoms with Crippen molar-refractivity contribution in [1.82, 2.24) is 4.98 Å². The molecule has 4 heteroatoms. The topological polar surface area (TPSA) is 52.0 Å². The van der Waals surface area contributed by atoms with Crippen molar-refractivity contribution in [1.29, 1.82) is 0 Å². The van der Waals surface area contributed by atoms with Gasteiger partial charge in [0.2, 0.25) is 0 Å². The van der Waals surface area contributed by atoms with Gasteiger partial charge in [-0.3, -0.25) is 4.98 Å². The molecule has 3 nitrogen and oxygen atoms in total. The normalized spacial score (nSPS) is 12.7. The van der Waals surface area contributed by atoms with Crippen molar-refractivity contribution in [2.45, 2.75) is 12.5 Å². The van der Waals surface area contributed by atoms with E-state index in [-0.39, 0.29) is 11.9 Å². The number of furan rings is 1. The number of hydrogen-bond acceptors (Lipinski definition) is 3. The van der Waals surface area contributed by atoms with Crippen molar-refractivity contribution in [2.75, 3.05) is 0 Å². The Balaban J connectivity index is 2.08. The summed E-state index contributed by atoms with van der Waals surface area (Å²) in [6.07, 6.45) is 3.32. The number of aromatic nitrogens is 1. The summed E-state index contributed by atoms with van der Waals surface area (Å²) >= 11 is 0. The maximum atomic E-state index is 12.6. The second kappa shape index (κ2) is 4.23. The zero-order valence-corrected chi connectivity index (χ0v) is 8.06. The van der Waals surface area contributed by atoms with Gasteiger partial charge in [-0.1, -0.05) is 0 Å². The number of nitrogens with two attached hydrogens (primary N) is 1. The average Bonchev–Trinajstić information content (AvgIpc) is 2.71. The van der Waals surface area contributed by atoms with Gasteiger partial charge < -0.3 is 10.2 Å². The van der Waals surface area contributed by atoms with E-state index >= 15 is 0 Å². The van der Waals surface area contributed by atoms with Crippen LogP contribution in [0.4, 0.5) is 4.39 Å². The molecular formula is C11H11FN2O. The molecule has 0 spiro atoms. The lowest BCUT2D eigenvalue weighted by Crippen LogP contribution is -2.14. The monoisotopic (exact) mass is 206 g/mol. The molecule has 1 atom stereocenters. The molecule has 1 unspecified atom stereocenters. The Morgan fingerprint density at radius 3 is 2.87 bits per heavy atom. The van der Waals surface area contributed by atoms with Crippen molar-refractivity contribution < 1.29 is 8.81 Å². The molecule has 15 heavy (non-hydrogen) atoms. The largest absolute Gasteiger partial charge is 0.469 e. The van der Waals surface area contributed by atoms with Gasteiger partial charge in [0, 0.05) is 6.42 Å². The van der Waals surface area contributed by atoms with Gasteiger partial charge in [-0.15, -0.1) is 0 Å². The lowest BCUT2D eigenvalue weighted by Gasteiger charge is -2.08.